The van der Waals surface area contributed by atoms with Crippen molar-refractivity contribution in [1.29, 1.82) is 0 Å². The second-order valence-corrected chi connectivity index (χ2v) is 6.16. The van der Waals surface area contributed by atoms with E-state index in [1.54, 1.807) is 30.0 Å². The summed E-state index contributed by atoms with van der Waals surface area (Å²) in [6.07, 6.45) is 2.51. The molecule has 0 saturated carbocycles. The Balaban J connectivity index is 2.46. The van der Waals surface area contributed by atoms with Gasteiger partial charge in [-0.2, -0.15) is 11.8 Å². The highest BCUT2D eigenvalue weighted by Crippen LogP contribution is 2.22. The normalized spacial score (nSPS) is 12.4. The summed E-state index contributed by atoms with van der Waals surface area (Å²) in [5.74, 6) is 1.00. The summed E-state index contributed by atoms with van der Waals surface area (Å²) in [7, 11) is 2.03. The van der Waals surface area contributed by atoms with E-state index in [1.807, 2.05) is 7.05 Å². The van der Waals surface area contributed by atoms with Gasteiger partial charge in [0.2, 0.25) is 5.91 Å². The number of nitrogens with two attached hydrogens (primary N) is 1. The summed E-state index contributed by atoms with van der Waals surface area (Å²) in [6, 6.07) is 5.50. The predicted octanol–water partition coefficient (Wildman–Crippen LogP) is 2.93. The molecule has 20 heavy (non-hydrogen) atoms. The first kappa shape index (κ1) is 17.1. The lowest BCUT2D eigenvalue weighted by atomic mass is 10.2. The van der Waals surface area contributed by atoms with Crippen LogP contribution in [0.4, 0.5) is 11.4 Å². The Morgan fingerprint density at radius 2 is 2.25 bits per heavy atom. The van der Waals surface area contributed by atoms with Crippen LogP contribution < -0.4 is 11.1 Å². The number of hydrogen-bond donors (Lipinski definition) is 2. The van der Waals surface area contributed by atoms with Crippen LogP contribution >= 0.6 is 23.4 Å². The molecule has 1 amide bonds. The third-order valence-electron chi connectivity index (χ3n) is 3.14. The van der Waals surface area contributed by atoms with E-state index in [2.05, 4.69) is 23.4 Å². The molecule has 0 aliphatic heterocycles. The topological polar surface area (TPSA) is 58.4 Å². The molecule has 0 bridgehead atoms. The number of nitrogens with zero attached hydrogens (tertiary/aromatic N) is 1. The van der Waals surface area contributed by atoms with Crippen LogP contribution in [0.2, 0.25) is 5.02 Å². The molecule has 112 valence electrons. The number of hydrogen-bond acceptors (Lipinski definition) is 4. The lowest BCUT2D eigenvalue weighted by Crippen LogP contribution is -2.33. The molecule has 1 rings (SSSR count). The molecule has 3 N–H and O–H groups in total. The highest BCUT2D eigenvalue weighted by Gasteiger charge is 2.11. The number of carbonyl (C=O) groups is 1. The first-order chi connectivity index (χ1) is 9.43. The summed E-state index contributed by atoms with van der Waals surface area (Å²) in [5, 5.41) is 3.35. The summed E-state index contributed by atoms with van der Waals surface area (Å²) in [6.45, 7) is 2.87. The quantitative estimate of drug-likeness (QED) is 0.760. The van der Waals surface area contributed by atoms with Crippen LogP contribution in [0.1, 0.15) is 13.3 Å². The van der Waals surface area contributed by atoms with Gasteiger partial charge in [-0.15, -0.1) is 0 Å². The standard InChI is InChI=1S/C14H22ClN3OS/c1-10(9-20-3)18(2)7-6-14(19)17-13-8-11(15)4-5-12(13)16/h4-5,8,10H,6-7,9,16H2,1-3H3,(H,17,19). The minimum absolute atomic E-state index is 0.0535. The van der Waals surface area contributed by atoms with Gasteiger partial charge in [-0.05, 0) is 38.4 Å². The van der Waals surface area contributed by atoms with Crippen molar-refractivity contribution in [2.45, 2.75) is 19.4 Å². The second-order valence-electron chi connectivity index (χ2n) is 4.81. The summed E-state index contributed by atoms with van der Waals surface area (Å²) in [4.78, 5) is 14.1. The van der Waals surface area contributed by atoms with Crippen molar-refractivity contribution in [3.63, 3.8) is 0 Å². The van der Waals surface area contributed by atoms with Gasteiger partial charge in [0.15, 0.2) is 0 Å². The van der Waals surface area contributed by atoms with Crippen LogP contribution in [-0.2, 0) is 4.79 Å². The zero-order valence-corrected chi connectivity index (χ0v) is 13.7. The van der Waals surface area contributed by atoms with Gasteiger partial charge in [0.25, 0.3) is 0 Å². The molecule has 1 unspecified atom stereocenters. The Hall–Kier alpha value is -0.910. The molecular weight excluding hydrogens is 294 g/mol. The van der Waals surface area contributed by atoms with Crippen LogP contribution in [0.3, 0.4) is 0 Å². The molecule has 1 aromatic carbocycles. The van der Waals surface area contributed by atoms with Gasteiger partial charge in [-0.1, -0.05) is 11.6 Å². The summed E-state index contributed by atoms with van der Waals surface area (Å²) in [5.41, 5.74) is 6.89. The van der Waals surface area contributed by atoms with Crippen molar-refractivity contribution in [1.82, 2.24) is 4.90 Å². The van der Waals surface area contributed by atoms with E-state index in [1.165, 1.54) is 0 Å². The van der Waals surface area contributed by atoms with Crippen molar-refractivity contribution >= 4 is 40.6 Å². The molecule has 0 aliphatic carbocycles. The second kappa shape index (κ2) is 8.39. The number of carbonyl (C=O) groups excluding carboxylic acids is 1. The molecule has 0 aromatic heterocycles. The molecule has 0 spiro atoms. The van der Waals surface area contributed by atoms with Crippen molar-refractivity contribution < 1.29 is 4.79 Å². The SMILES string of the molecule is CSCC(C)N(C)CCC(=O)Nc1cc(Cl)ccc1N. The van der Waals surface area contributed by atoms with Crippen molar-refractivity contribution in [3.05, 3.63) is 23.2 Å². The number of rotatable bonds is 7. The van der Waals surface area contributed by atoms with Gasteiger partial charge in [-0.3, -0.25) is 4.79 Å². The number of amides is 1. The fourth-order valence-corrected chi connectivity index (χ4v) is 2.63. The van der Waals surface area contributed by atoms with E-state index >= 15 is 0 Å². The first-order valence-corrected chi connectivity index (χ1v) is 8.25. The number of thioether (sulfide) groups is 1. The van der Waals surface area contributed by atoms with E-state index in [9.17, 15) is 4.79 Å². The highest BCUT2D eigenvalue weighted by molar-refractivity contribution is 7.98. The van der Waals surface area contributed by atoms with Crippen LogP contribution in [-0.4, -0.2) is 42.4 Å². The molecule has 1 atom stereocenters. The van der Waals surface area contributed by atoms with Crippen molar-refractivity contribution in [2.24, 2.45) is 0 Å². The average molecular weight is 316 g/mol. The maximum atomic E-state index is 11.9. The van der Waals surface area contributed by atoms with Gasteiger partial charge in [-0.25, -0.2) is 0 Å². The van der Waals surface area contributed by atoms with Gasteiger partial charge in [0, 0.05) is 29.8 Å². The Morgan fingerprint density at radius 3 is 2.90 bits per heavy atom. The predicted molar refractivity (Wildman–Crippen MR) is 89.6 cm³/mol. The molecular formula is C14H22ClN3OS. The smallest absolute Gasteiger partial charge is 0.225 e. The van der Waals surface area contributed by atoms with Gasteiger partial charge in [0.05, 0.1) is 11.4 Å². The number of halogens is 1. The number of nitrogen functional groups attached to an aromatic ring is 1. The van der Waals surface area contributed by atoms with Crippen LogP contribution in [0.15, 0.2) is 18.2 Å². The van der Waals surface area contributed by atoms with Gasteiger partial charge < -0.3 is 16.0 Å². The summed E-state index contributed by atoms with van der Waals surface area (Å²) >= 11 is 7.69. The molecule has 4 nitrogen and oxygen atoms in total. The fourth-order valence-electron chi connectivity index (χ4n) is 1.72. The Kier molecular flexibility index (Phi) is 7.19. The lowest BCUT2D eigenvalue weighted by molar-refractivity contribution is -0.116. The molecule has 0 aliphatic rings. The molecule has 0 fully saturated rings. The Labute approximate surface area is 130 Å². The van der Waals surface area contributed by atoms with Crippen molar-refractivity contribution in [2.75, 3.05) is 36.7 Å². The Morgan fingerprint density at radius 1 is 1.55 bits per heavy atom. The minimum atomic E-state index is -0.0535. The van der Waals surface area contributed by atoms with Crippen LogP contribution in [0.5, 0.6) is 0 Å². The lowest BCUT2D eigenvalue weighted by Gasteiger charge is -2.23. The van der Waals surface area contributed by atoms with E-state index in [0.717, 1.165) is 5.75 Å². The molecule has 0 radical (unpaired) electrons. The first-order valence-electron chi connectivity index (χ1n) is 6.48. The third kappa shape index (κ3) is 5.61. The highest BCUT2D eigenvalue weighted by atomic mass is 35.5. The van der Waals surface area contributed by atoms with E-state index in [0.29, 0.717) is 35.4 Å². The van der Waals surface area contributed by atoms with Crippen molar-refractivity contribution in [3.8, 4) is 0 Å². The molecule has 0 heterocycles. The Bertz CT molecular complexity index is 456. The van der Waals surface area contributed by atoms with E-state index < -0.39 is 0 Å². The van der Waals surface area contributed by atoms with E-state index in [4.69, 9.17) is 17.3 Å². The third-order valence-corrected chi connectivity index (χ3v) is 4.19. The fraction of sp³-hybridized carbons (Fsp3) is 0.500. The van der Waals surface area contributed by atoms with Gasteiger partial charge in [0.1, 0.15) is 0 Å². The minimum Gasteiger partial charge on any atom is -0.397 e. The maximum absolute atomic E-state index is 11.9. The number of nitrogens with one attached hydrogen (secondary N) is 1. The zero-order chi connectivity index (χ0) is 15.1. The zero-order valence-electron chi connectivity index (χ0n) is 12.1. The number of benzene rings is 1. The largest absolute Gasteiger partial charge is 0.397 e. The van der Waals surface area contributed by atoms with Crippen LogP contribution in [0.25, 0.3) is 0 Å². The maximum Gasteiger partial charge on any atom is 0.225 e. The molecule has 1 aromatic rings. The average Bonchev–Trinajstić information content (AvgIpc) is 2.40. The molecule has 6 heteroatoms. The van der Waals surface area contributed by atoms with Crippen LogP contribution in [0, 0.1) is 0 Å². The summed E-state index contributed by atoms with van der Waals surface area (Å²) < 4.78 is 0. The number of anilines is 2. The monoisotopic (exact) mass is 315 g/mol. The molecule has 0 saturated heterocycles. The van der Waals surface area contributed by atoms with E-state index in [-0.39, 0.29) is 5.91 Å². The van der Waals surface area contributed by atoms with Gasteiger partial charge >= 0.3 is 0 Å².